The van der Waals surface area contributed by atoms with Crippen molar-refractivity contribution in [1.29, 1.82) is 0 Å². The molecule has 2 unspecified atom stereocenters. The highest BCUT2D eigenvalue weighted by atomic mass is 16.5. The van der Waals surface area contributed by atoms with E-state index in [4.69, 9.17) is 4.74 Å². The number of carbonyl (C=O) groups excluding carboxylic acids is 1. The Morgan fingerprint density at radius 2 is 1.89 bits per heavy atom. The molecule has 4 nitrogen and oxygen atoms in total. The summed E-state index contributed by atoms with van der Waals surface area (Å²) in [6.45, 7) is 2.74. The van der Waals surface area contributed by atoms with Crippen LogP contribution in [0.4, 0.5) is 0 Å². The highest BCUT2D eigenvalue weighted by Gasteiger charge is 2.40. The summed E-state index contributed by atoms with van der Waals surface area (Å²) in [6, 6.07) is -0.0115. The highest BCUT2D eigenvalue weighted by molar-refractivity contribution is 5.82. The molecule has 3 fully saturated rings. The first-order valence-corrected chi connectivity index (χ1v) is 7.77. The third-order valence-corrected chi connectivity index (χ3v) is 5.52. The first-order chi connectivity index (χ1) is 9.22. The molecule has 0 aromatic heterocycles. The molecule has 19 heavy (non-hydrogen) atoms. The van der Waals surface area contributed by atoms with Gasteiger partial charge in [-0.1, -0.05) is 12.8 Å². The summed E-state index contributed by atoms with van der Waals surface area (Å²) in [5.41, 5.74) is 0.592. The Hall–Kier alpha value is -0.610. The number of amides is 1. The number of hydrogen-bond donors (Lipinski definition) is 1. The van der Waals surface area contributed by atoms with E-state index in [-0.39, 0.29) is 12.1 Å². The fraction of sp³-hybridized carbons (Fsp3) is 0.933. The van der Waals surface area contributed by atoms with Crippen LogP contribution in [-0.4, -0.2) is 49.7 Å². The van der Waals surface area contributed by atoms with Crippen LogP contribution in [-0.2, 0) is 9.53 Å². The highest BCUT2D eigenvalue weighted by Crippen LogP contribution is 2.46. The number of piperidine rings is 1. The lowest BCUT2D eigenvalue weighted by molar-refractivity contribution is -0.135. The zero-order valence-corrected chi connectivity index (χ0v) is 12.0. The third-order valence-electron chi connectivity index (χ3n) is 5.52. The molecule has 2 atom stereocenters. The molecule has 1 N–H and O–H groups in total. The average molecular weight is 266 g/mol. The smallest absolute Gasteiger partial charge is 0.239 e. The van der Waals surface area contributed by atoms with E-state index in [1.807, 2.05) is 0 Å². The maximum atomic E-state index is 12.5. The molecule has 0 aromatic carbocycles. The number of nitrogens with zero attached hydrogens (tertiary/aromatic N) is 1. The second-order valence-corrected chi connectivity index (χ2v) is 6.59. The molecule has 1 amide bonds. The molecule has 0 bridgehead atoms. The number of methoxy groups -OCH3 is 1. The Balaban J connectivity index is 1.52. The first kappa shape index (κ1) is 13.4. The summed E-state index contributed by atoms with van der Waals surface area (Å²) in [4.78, 5) is 14.6. The van der Waals surface area contributed by atoms with Gasteiger partial charge in [-0.2, -0.15) is 0 Å². The molecule has 4 heteroatoms. The molecule has 2 heterocycles. The van der Waals surface area contributed by atoms with Gasteiger partial charge in [-0.15, -0.1) is 0 Å². The van der Waals surface area contributed by atoms with Crippen LogP contribution < -0.4 is 5.32 Å². The second-order valence-electron chi connectivity index (χ2n) is 6.59. The summed E-state index contributed by atoms with van der Waals surface area (Å²) in [6.07, 6.45) is 9.06. The molecule has 3 rings (SSSR count). The van der Waals surface area contributed by atoms with Gasteiger partial charge in [-0.25, -0.2) is 0 Å². The van der Waals surface area contributed by atoms with Crippen molar-refractivity contribution < 1.29 is 9.53 Å². The molecular weight excluding hydrogens is 240 g/mol. The molecule has 1 spiro atoms. The Bertz CT molecular complexity index is 329. The quantitative estimate of drug-likeness (QED) is 0.824. The first-order valence-electron chi connectivity index (χ1n) is 7.77. The Morgan fingerprint density at radius 1 is 1.21 bits per heavy atom. The van der Waals surface area contributed by atoms with Gasteiger partial charge in [-0.05, 0) is 37.5 Å². The molecule has 0 aromatic rings. The summed E-state index contributed by atoms with van der Waals surface area (Å²) >= 11 is 0. The van der Waals surface area contributed by atoms with Crippen molar-refractivity contribution in [1.82, 2.24) is 10.2 Å². The van der Waals surface area contributed by atoms with E-state index in [9.17, 15) is 4.79 Å². The molecule has 1 aliphatic carbocycles. The van der Waals surface area contributed by atoms with E-state index in [0.29, 0.717) is 11.3 Å². The average Bonchev–Trinajstić information content (AvgIpc) is 3.08. The minimum atomic E-state index is -0.0115. The SMILES string of the molecule is COC1CNC(C(=O)N2CCC3(CCCC3)CC2)C1. The Kier molecular flexibility index (Phi) is 3.81. The number of likely N-dealkylation sites (tertiary alicyclic amines) is 1. The third kappa shape index (κ3) is 2.65. The molecule has 0 radical (unpaired) electrons. The minimum absolute atomic E-state index is 0.0115. The topological polar surface area (TPSA) is 41.6 Å². The fourth-order valence-corrected chi connectivity index (χ4v) is 4.12. The predicted octanol–water partition coefficient (Wildman–Crippen LogP) is 1.55. The Morgan fingerprint density at radius 3 is 2.47 bits per heavy atom. The standard InChI is InChI=1S/C15H26N2O2/c1-19-12-10-13(16-11-12)14(18)17-8-6-15(7-9-17)4-2-3-5-15/h12-13,16H,2-11H2,1H3. The lowest BCUT2D eigenvalue weighted by atomic mass is 9.77. The van der Waals surface area contributed by atoms with Crippen LogP contribution in [0.2, 0.25) is 0 Å². The van der Waals surface area contributed by atoms with Crippen molar-refractivity contribution in [3.63, 3.8) is 0 Å². The van der Waals surface area contributed by atoms with Gasteiger partial charge < -0.3 is 15.0 Å². The van der Waals surface area contributed by atoms with Crippen LogP contribution >= 0.6 is 0 Å². The maximum absolute atomic E-state index is 12.5. The van der Waals surface area contributed by atoms with Crippen molar-refractivity contribution in [3.8, 4) is 0 Å². The van der Waals surface area contributed by atoms with Gasteiger partial charge in [0.2, 0.25) is 5.91 Å². The molecular formula is C15H26N2O2. The predicted molar refractivity (Wildman–Crippen MR) is 73.9 cm³/mol. The van der Waals surface area contributed by atoms with Gasteiger partial charge in [-0.3, -0.25) is 4.79 Å². The van der Waals surface area contributed by atoms with E-state index >= 15 is 0 Å². The van der Waals surface area contributed by atoms with Gasteiger partial charge in [0.25, 0.3) is 0 Å². The van der Waals surface area contributed by atoms with Gasteiger partial charge in [0.05, 0.1) is 12.1 Å². The summed E-state index contributed by atoms with van der Waals surface area (Å²) in [7, 11) is 1.73. The minimum Gasteiger partial charge on any atom is -0.380 e. The van der Waals surface area contributed by atoms with E-state index < -0.39 is 0 Å². The Labute approximate surface area is 115 Å². The monoisotopic (exact) mass is 266 g/mol. The summed E-state index contributed by atoms with van der Waals surface area (Å²) in [5.74, 6) is 0.299. The largest absolute Gasteiger partial charge is 0.380 e. The maximum Gasteiger partial charge on any atom is 0.239 e. The van der Waals surface area contributed by atoms with Gasteiger partial charge in [0.15, 0.2) is 0 Å². The second kappa shape index (κ2) is 5.41. The number of hydrogen-bond acceptors (Lipinski definition) is 3. The zero-order valence-electron chi connectivity index (χ0n) is 12.0. The number of ether oxygens (including phenoxy) is 1. The van der Waals surface area contributed by atoms with Crippen molar-refractivity contribution in [2.45, 2.75) is 57.1 Å². The van der Waals surface area contributed by atoms with Crippen molar-refractivity contribution in [2.75, 3.05) is 26.7 Å². The zero-order chi connectivity index (χ0) is 13.3. The molecule has 108 valence electrons. The van der Waals surface area contributed by atoms with Gasteiger partial charge >= 0.3 is 0 Å². The fourth-order valence-electron chi connectivity index (χ4n) is 4.12. The molecule has 3 aliphatic rings. The normalized spacial score (nSPS) is 34.1. The van der Waals surface area contributed by atoms with Crippen LogP contribution in [0.15, 0.2) is 0 Å². The van der Waals surface area contributed by atoms with Crippen LogP contribution in [0.25, 0.3) is 0 Å². The number of rotatable bonds is 2. The van der Waals surface area contributed by atoms with E-state index in [1.165, 1.54) is 38.5 Å². The number of carbonyl (C=O) groups is 1. The van der Waals surface area contributed by atoms with E-state index in [1.54, 1.807) is 7.11 Å². The van der Waals surface area contributed by atoms with E-state index in [0.717, 1.165) is 26.1 Å². The van der Waals surface area contributed by atoms with Crippen LogP contribution in [0.3, 0.4) is 0 Å². The molecule has 2 aliphatic heterocycles. The summed E-state index contributed by atoms with van der Waals surface area (Å²) in [5, 5.41) is 3.30. The van der Waals surface area contributed by atoms with Crippen LogP contribution in [0.5, 0.6) is 0 Å². The number of nitrogens with one attached hydrogen (secondary N) is 1. The molecule has 2 saturated heterocycles. The lowest BCUT2D eigenvalue weighted by Crippen LogP contribution is -2.48. The van der Waals surface area contributed by atoms with Crippen LogP contribution in [0.1, 0.15) is 44.9 Å². The van der Waals surface area contributed by atoms with E-state index in [2.05, 4.69) is 10.2 Å². The lowest BCUT2D eigenvalue weighted by Gasteiger charge is -2.40. The van der Waals surface area contributed by atoms with Gasteiger partial charge in [0.1, 0.15) is 0 Å². The van der Waals surface area contributed by atoms with Crippen molar-refractivity contribution >= 4 is 5.91 Å². The molecule has 1 saturated carbocycles. The van der Waals surface area contributed by atoms with Gasteiger partial charge in [0, 0.05) is 26.7 Å². The van der Waals surface area contributed by atoms with Crippen molar-refractivity contribution in [2.24, 2.45) is 5.41 Å². The summed E-state index contributed by atoms with van der Waals surface area (Å²) < 4.78 is 5.32. The van der Waals surface area contributed by atoms with Crippen molar-refractivity contribution in [3.05, 3.63) is 0 Å². The van der Waals surface area contributed by atoms with Crippen LogP contribution in [0, 0.1) is 5.41 Å².